The minimum Gasteiger partial charge on any atom is -0.310 e. The first-order valence-electron chi connectivity index (χ1n) is 3.52. The van der Waals surface area contributed by atoms with Crippen LogP contribution in [0.5, 0.6) is 0 Å². The van der Waals surface area contributed by atoms with Crippen LogP contribution in [0.2, 0.25) is 0 Å². The van der Waals surface area contributed by atoms with Crippen molar-refractivity contribution in [2.24, 2.45) is 10.2 Å². The van der Waals surface area contributed by atoms with E-state index in [1.165, 1.54) is 6.92 Å². The third-order valence-electron chi connectivity index (χ3n) is 0.897. The van der Waals surface area contributed by atoms with Crippen LogP contribution in [-0.4, -0.2) is 12.5 Å². The molecule has 0 aromatic rings. The fourth-order valence-corrected chi connectivity index (χ4v) is 0.482. The number of nitrogens with one attached hydrogen (secondary N) is 1. The molecule has 1 N–H and O–H groups in total. The highest BCUT2D eigenvalue weighted by molar-refractivity contribution is 5.74. The second-order valence-electron chi connectivity index (χ2n) is 1.91. The Morgan fingerprint density at radius 1 is 1.73 bits per heavy atom. The molecule has 0 unspecified atom stereocenters. The predicted molar refractivity (Wildman–Crippen MR) is 45.1 cm³/mol. The molecule has 4 heteroatoms. The second-order valence-corrected chi connectivity index (χ2v) is 1.91. The van der Waals surface area contributed by atoms with Crippen molar-refractivity contribution < 1.29 is 6.22 Å². The highest BCUT2D eigenvalue weighted by Crippen LogP contribution is 1.91. The van der Waals surface area contributed by atoms with E-state index in [1.807, 2.05) is 6.92 Å². The van der Waals surface area contributed by atoms with Gasteiger partial charge in [0.15, 0.2) is 0 Å². The molecule has 64 valence electrons. The van der Waals surface area contributed by atoms with Crippen LogP contribution in [0, 0.1) is 0 Å². The minimum atomic E-state index is -0.131. The van der Waals surface area contributed by atoms with Gasteiger partial charge in [0.1, 0.15) is 5.82 Å². The lowest BCUT2D eigenvalue weighted by atomic mass is 10.6. The van der Waals surface area contributed by atoms with Crippen LogP contribution in [0.25, 0.3) is 0 Å². The van der Waals surface area contributed by atoms with Crippen molar-refractivity contribution in [3.8, 4) is 0 Å². The first kappa shape index (κ1) is 9.81. The van der Waals surface area contributed by atoms with E-state index in [4.69, 9.17) is 0 Å². The summed E-state index contributed by atoms with van der Waals surface area (Å²) in [5, 5.41) is 10.0. The van der Waals surface area contributed by atoms with E-state index >= 15 is 0 Å². The molecule has 0 heterocycles. The molecule has 4 nitrogen and oxygen atoms in total. The Bertz CT molecular complexity index is 189. The summed E-state index contributed by atoms with van der Waals surface area (Å²) in [7, 11) is 0. The van der Waals surface area contributed by atoms with Crippen LogP contribution < -0.4 is 5.32 Å². The number of allylic oxidation sites excluding steroid dienone is 1. The van der Waals surface area contributed by atoms with Gasteiger partial charge in [-0.2, -0.15) is 5.11 Å². The highest BCUT2D eigenvalue weighted by atomic mass is 16.1. The summed E-state index contributed by atoms with van der Waals surface area (Å²) in [6.45, 7) is 5.73. The fourth-order valence-electron chi connectivity index (χ4n) is 0.482. The largest absolute Gasteiger partial charge is 0.310 e. The van der Waals surface area contributed by atoms with Gasteiger partial charge in [0.05, 0.1) is 6.54 Å². The summed E-state index contributed by atoms with van der Waals surface area (Å²) < 4.78 is 0. The normalized spacial score (nSPS) is 12.1. The summed E-state index contributed by atoms with van der Waals surface area (Å²) in [5.74, 6) is 0.368. The van der Waals surface area contributed by atoms with Crippen molar-refractivity contribution in [1.29, 1.82) is 0 Å². The number of hydrogen-bond acceptors (Lipinski definition) is 3. The van der Waals surface area contributed by atoms with Gasteiger partial charge in [-0.25, -0.2) is 0 Å². The van der Waals surface area contributed by atoms with Gasteiger partial charge in [-0.05, 0) is 19.9 Å². The second kappa shape index (κ2) is 5.58. The molecule has 1 amide bonds. The topological polar surface area (TPSA) is 53.8 Å². The Morgan fingerprint density at radius 2 is 2.36 bits per heavy atom. The van der Waals surface area contributed by atoms with E-state index in [0.29, 0.717) is 12.4 Å². The molecule has 0 rings (SSSR count). The maximum Gasteiger partial charge on any atom is 0.222 e. The number of hydrogen-bond donors (Lipinski definition) is 1. The predicted octanol–water partition coefficient (Wildman–Crippen LogP) is 1.70. The summed E-state index contributed by atoms with van der Waals surface area (Å²) in [4.78, 5) is 10.5. The van der Waals surface area contributed by atoms with Crippen LogP contribution in [0.15, 0.2) is 22.1 Å². The van der Waals surface area contributed by atoms with Gasteiger partial charge >= 0.3 is 0 Å². The van der Waals surface area contributed by atoms with Crippen LogP contribution in [0.4, 0.5) is 0 Å². The van der Waals surface area contributed by atoms with E-state index in [-0.39, 0.29) is 7.33 Å². The molecule has 0 radical (unpaired) electrons. The van der Waals surface area contributed by atoms with Crippen molar-refractivity contribution in [3.05, 3.63) is 11.9 Å². The van der Waals surface area contributed by atoms with Gasteiger partial charge in [0, 0.05) is 8.35 Å². The van der Waals surface area contributed by atoms with Crippen LogP contribution in [0.3, 0.4) is 0 Å². The molecule has 0 fully saturated rings. The summed E-state index contributed by atoms with van der Waals surface area (Å²) in [6.07, 6.45) is 1.69. The summed E-state index contributed by atoms with van der Waals surface area (Å²) >= 11 is 0. The molecular formula is C7H15N3O. The number of amides is 1. The van der Waals surface area contributed by atoms with E-state index in [9.17, 15) is 4.79 Å². The Labute approximate surface area is 67.9 Å². The molecule has 0 saturated heterocycles. The van der Waals surface area contributed by atoms with Crippen molar-refractivity contribution in [2.75, 3.05) is 6.54 Å². The zero-order chi connectivity index (χ0) is 8.69. The quantitative estimate of drug-likeness (QED) is 0.623. The zero-order valence-corrected chi connectivity index (χ0v) is 7.09. The monoisotopic (exact) mass is 157 g/mol. The average molecular weight is 157 g/mol. The van der Waals surface area contributed by atoms with Crippen LogP contribution >= 0.6 is 0 Å². The van der Waals surface area contributed by atoms with Gasteiger partial charge in [-0.1, -0.05) is 0 Å². The van der Waals surface area contributed by atoms with Gasteiger partial charge < -0.3 is 5.32 Å². The molecule has 0 spiro atoms. The summed E-state index contributed by atoms with van der Waals surface area (Å²) in [5.41, 5.74) is 0. The van der Waals surface area contributed by atoms with E-state index in [1.54, 1.807) is 13.0 Å². The molecule has 0 aliphatic carbocycles. The standard InChI is InChI=1S/C7H13N3O.H2/c1-4-7(9-6(3)11)10-8-5-2;/h4H,5H2,1-3H3,(H,9,11);1H/b7-4-,10-8?;. The van der Waals surface area contributed by atoms with Crippen molar-refractivity contribution >= 4 is 5.91 Å². The number of carbonyl (C=O) groups is 1. The van der Waals surface area contributed by atoms with Gasteiger partial charge in [-0.15, -0.1) is 5.11 Å². The van der Waals surface area contributed by atoms with E-state index in [2.05, 4.69) is 15.5 Å². The lowest BCUT2D eigenvalue weighted by Crippen LogP contribution is -2.17. The molecule has 0 atom stereocenters. The van der Waals surface area contributed by atoms with Crippen LogP contribution in [-0.2, 0) is 4.79 Å². The maximum absolute atomic E-state index is 10.5. The number of carbonyl (C=O) groups excluding carboxylic acids is 1. The van der Waals surface area contributed by atoms with Crippen molar-refractivity contribution in [2.45, 2.75) is 20.8 Å². The molecule has 0 bridgehead atoms. The van der Waals surface area contributed by atoms with Gasteiger partial charge in [0.2, 0.25) is 5.91 Å². The maximum atomic E-state index is 10.5. The lowest BCUT2D eigenvalue weighted by molar-refractivity contribution is -0.118. The molecule has 0 aliphatic rings. The minimum absolute atomic E-state index is 0. The molecule has 0 aromatic carbocycles. The average Bonchev–Trinajstić information content (AvgIpc) is 1.97. The molecule has 0 aromatic heterocycles. The third kappa shape index (κ3) is 5.26. The van der Waals surface area contributed by atoms with Crippen molar-refractivity contribution in [3.63, 3.8) is 0 Å². The smallest absolute Gasteiger partial charge is 0.222 e. The van der Waals surface area contributed by atoms with Crippen LogP contribution in [0.1, 0.15) is 22.2 Å². The highest BCUT2D eigenvalue weighted by Gasteiger charge is 1.93. The Hall–Kier alpha value is -1.19. The molecule has 0 aliphatic heterocycles. The number of rotatable bonds is 3. The first-order chi connectivity index (χ1) is 5.20. The van der Waals surface area contributed by atoms with Gasteiger partial charge in [-0.3, -0.25) is 4.79 Å². The Balaban J connectivity index is 0. The van der Waals surface area contributed by atoms with Crippen molar-refractivity contribution in [1.82, 2.24) is 5.32 Å². The molecular weight excluding hydrogens is 142 g/mol. The Kier molecular flexibility index (Phi) is 4.98. The zero-order valence-electron chi connectivity index (χ0n) is 7.09. The lowest BCUT2D eigenvalue weighted by Gasteiger charge is -1.97. The molecule has 11 heavy (non-hydrogen) atoms. The summed E-state index contributed by atoms with van der Waals surface area (Å²) in [6, 6.07) is 0. The fraction of sp³-hybridized carbons (Fsp3) is 0.571. The number of azo groups is 1. The van der Waals surface area contributed by atoms with E-state index < -0.39 is 0 Å². The number of nitrogens with zero attached hydrogens (tertiary/aromatic N) is 2. The SMILES string of the molecule is C/C=C(\N=NCC)NC(C)=O.[HH]. The third-order valence-corrected chi connectivity index (χ3v) is 0.897. The van der Waals surface area contributed by atoms with E-state index in [0.717, 1.165) is 0 Å². The first-order valence-corrected chi connectivity index (χ1v) is 3.52. The van der Waals surface area contributed by atoms with Gasteiger partial charge in [0.25, 0.3) is 0 Å². The Morgan fingerprint density at radius 3 is 2.73 bits per heavy atom. The molecule has 0 saturated carbocycles.